The molecule has 17 heavy (non-hydrogen) atoms. The molecule has 0 saturated carbocycles. The van der Waals surface area contributed by atoms with Gasteiger partial charge in [-0.1, -0.05) is 6.08 Å². The van der Waals surface area contributed by atoms with Crippen LogP contribution in [-0.4, -0.2) is 23.0 Å². The molecule has 0 aliphatic rings. The topological polar surface area (TPSA) is 79.5 Å². The van der Waals surface area contributed by atoms with E-state index in [-0.39, 0.29) is 17.7 Å². The first-order chi connectivity index (χ1) is 7.99. The zero-order valence-corrected chi connectivity index (χ0v) is 9.77. The summed E-state index contributed by atoms with van der Waals surface area (Å²) in [7, 11) is 0. The first-order valence-electron chi connectivity index (χ1n) is 5.28. The van der Waals surface area contributed by atoms with Gasteiger partial charge in [0.1, 0.15) is 5.76 Å². The minimum Gasteiger partial charge on any atom is -0.478 e. The van der Waals surface area contributed by atoms with Crippen LogP contribution in [0.15, 0.2) is 28.7 Å². The minimum atomic E-state index is -1.01. The number of hydrogen-bond acceptors (Lipinski definition) is 3. The monoisotopic (exact) mass is 237 g/mol. The molecular formula is C12H15NO4. The van der Waals surface area contributed by atoms with Crippen molar-refractivity contribution in [3.63, 3.8) is 0 Å². The Balaban J connectivity index is 2.59. The lowest BCUT2D eigenvalue weighted by Gasteiger charge is -2.05. The molecule has 5 heteroatoms. The normalized spacial score (nSPS) is 11.0. The van der Waals surface area contributed by atoms with E-state index in [0.717, 1.165) is 6.08 Å². The highest BCUT2D eigenvalue weighted by molar-refractivity contribution is 5.91. The summed E-state index contributed by atoms with van der Waals surface area (Å²) in [6.45, 7) is 3.72. The van der Waals surface area contributed by atoms with Crippen molar-refractivity contribution in [1.82, 2.24) is 5.32 Å². The molecule has 0 bridgehead atoms. The number of amides is 1. The maximum atomic E-state index is 11.5. The zero-order chi connectivity index (χ0) is 12.8. The fourth-order valence-corrected chi connectivity index (χ4v) is 1.22. The van der Waals surface area contributed by atoms with Crippen molar-refractivity contribution in [1.29, 1.82) is 0 Å². The van der Waals surface area contributed by atoms with Crippen molar-refractivity contribution >= 4 is 11.9 Å². The zero-order valence-electron chi connectivity index (χ0n) is 9.77. The summed E-state index contributed by atoms with van der Waals surface area (Å²) in [6, 6.07) is 3.27. The second-order valence-corrected chi connectivity index (χ2v) is 3.84. The van der Waals surface area contributed by atoms with Gasteiger partial charge < -0.3 is 14.8 Å². The summed E-state index contributed by atoms with van der Waals surface area (Å²) in [6.07, 6.45) is 2.85. The number of carboxylic acid groups (broad SMARTS) is 1. The first-order valence-corrected chi connectivity index (χ1v) is 5.28. The molecular weight excluding hydrogens is 222 g/mol. The van der Waals surface area contributed by atoms with Gasteiger partial charge in [-0.25, -0.2) is 4.79 Å². The molecule has 92 valence electrons. The predicted octanol–water partition coefficient (Wildman–Crippen LogP) is 1.60. The van der Waals surface area contributed by atoms with Crippen molar-refractivity contribution in [2.24, 2.45) is 0 Å². The Morgan fingerprint density at radius 3 is 2.76 bits per heavy atom. The Bertz CT molecular complexity index is 431. The van der Waals surface area contributed by atoms with Crippen molar-refractivity contribution in [2.45, 2.75) is 26.3 Å². The van der Waals surface area contributed by atoms with Crippen LogP contribution in [0.5, 0.6) is 0 Å². The van der Waals surface area contributed by atoms with Gasteiger partial charge in [0.2, 0.25) is 0 Å². The number of furan rings is 1. The van der Waals surface area contributed by atoms with E-state index in [1.165, 1.54) is 6.08 Å². The number of allylic oxidation sites excluding steroid dienone is 1. The van der Waals surface area contributed by atoms with E-state index < -0.39 is 5.97 Å². The van der Waals surface area contributed by atoms with E-state index >= 15 is 0 Å². The largest absolute Gasteiger partial charge is 0.478 e. The Hall–Kier alpha value is -2.04. The minimum absolute atomic E-state index is 0.0444. The number of carboxylic acids is 1. The van der Waals surface area contributed by atoms with Gasteiger partial charge in [-0.2, -0.15) is 0 Å². The molecule has 2 N–H and O–H groups in total. The van der Waals surface area contributed by atoms with E-state index in [4.69, 9.17) is 9.52 Å². The van der Waals surface area contributed by atoms with Gasteiger partial charge in [0.15, 0.2) is 5.76 Å². The molecule has 1 amide bonds. The van der Waals surface area contributed by atoms with Gasteiger partial charge in [0.25, 0.3) is 5.91 Å². The highest BCUT2D eigenvalue weighted by atomic mass is 16.4. The van der Waals surface area contributed by atoms with Gasteiger partial charge in [0.05, 0.1) is 0 Å². The molecule has 0 radical (unpaired) electrons. The van der Waals surface area contributed by atoms with Crippen LogP contribution >= 0.6 is 0 Å². The molecule has 0 saturated heterocycles. The fraction of sp³-hybridized carbons (Fsp3) is 0.333. The molecule has 1 aromatic rings. The van der Waals surface area contributed by atoms with Gasteiger partial charge in [-0.15, -0.1) is 0 Å². The molecule has 0 aliphatic heterocycles. The van der Waals surface area contributed by atoms with Crippen molar-refractivity contribution in [3.8, 4) is 0 Å². The number of hydrogen-bond donors (Lipinski definition) is 2. The van der Waals surface area contributed by atoms with Crippen LogP contribution < -0.4 is 5.32 Å². The SMILES string of the molecule is CC(C)NC(=O)c1ccc(C/C=C/C(=O)O)o1. The molecule has 0 fully saturated rings. The van der Waals surface area contributed by atoms with Crippen LogP contribution in [-0.2, 0) is 11.2 Å². The summed E-state index contributed by atoms with van der Waals surface area (Å²) >= 11 is 0. The Morgan fingerprint density at radius 1 is 1.47 bits per heavy atom. The summed E-state index contributed by atoms with van der Waals surface area (Å²) in [5, 5.41) is 11.1. The smallest absolute Gasteiger partial charge is 0.327 e. The fourth-order valence-electron chi connectivity index (χ4n) is 1.22. The van der Waals surface area contributed by atoms with Gasteiger partial charge in [0, 0.05) is 18.5 Å². The Morgan fingerprint density at radius 2 is 2.18 bits per heavy atom. The number of carbonyl (C=O) groups is 2. The molecule has 0 aliphatic carbocycles. The number of rotatable bonds is 5. The Labute approximate surface area is 99.1 Å². The second kappa shape index (κ2) is 5.89. The summed E-state index contributed by atoms with van der Waals surface area (Å²) in [5.74, 6) is -0.489. The molecule has 0 atom stereocenters. The number of nitrogens with one attached hydrogen (secondary N) is 1. The molecule has 1 rings (SSSR count). The molecule has 0 spiro atoms. The maximum absolute atomic E-state index is 11.5. The van der Waals surface area contributed by atoms with Crippen LogP contribution in [0.2, 0.25) is 0 Å². The predicted molar refractivity (Wildman–Crippen MR) is 61.8 cm³/mol. The lowest BCUT2D eigenvalue weighted by molar-refractivity contribution is -0.131. The van der Waals surface area contributed by atoms with Crippen molar-refractivity contribution in [3.05, 3.63) is 35.8 Å². The van der Waals surface area contributed by atoms with E-state index in [2.05, 4.69) is 5.32 Å². The summed E-state index contributed by atoms with van der Waals surface area (Å²) in [4.78, 5) is 21.8. The second-order valence-electron chi connectivity index (χ2n) is 3.84. The number of carbonyl (C=O) groups excluding carboxylic acids is 1. The average Bonchev–Trinajstić information content (AvgIpc) is 2.64. The summed E-state index contributed by atoms with van der Waals surface area (Å²) in [5.41, 5.74) is 0. The molecule has 1 aromatic heterocycles. The van der Waals surface area contributed by atoms with E-state index in [9.17, 15) is 9.59 Å². The molecule has 0 unspecified atom stereocenters. The maximum Gasteiger partial charge on any atom is 0.327 e. The van der Waals surface area contributed by atoms with Crippen LogP contribution in [0.4, 0.5) is 0 Å². The lowest BCUT2D eigenvalue weighted by atomic mass is 10.3. The third kappa shape index (κ3) is 4.55. The van der Waals surface area contributed by atoms with Crippen molar-refractivity contribution < 1.29 is 19.1 Å². The highest BCUT2D eigenvalue weighted by Gasteiger charge is 2.11. The standard InChI is InChI=1S/C12H15NO4/c1-8(2)13-12(16)10-7-6-9(17-10)4-3-5-11(14)15/h3,5-8H,4H2,1-2H3,(H,13,16)(H,14,15)/b5-3+. The number of aliphatic carboxylic acids is 1. The molecule has 1 heterocycles. The first kappa shape index (κ1) is 13.0. The highest BCUT2D eigenvalue weighted by Crippen LogP contribution is 2.09. The van der Waals surface area contributed by atoms with E-state index in [0.29, 0.717) is 12.2 Å². The third-order valence-corrected chi connectivity index (χ3v) is 1.88. The molecule has 0 aromatic carbocycles. The van der Waals surface area contributed by atoms with Crippen molar-refractivity contribution in [2.75, 3.05) is 0 Å². The van der Waals surface area contributed by atoms with Crippen LogP contribution in [0.1, 0.15) is 30.2 Å². The quantitative estimate of drug-likeness (QED) is 0.762. The van der Waals surface area contributed by atoms with Crippen LogP contribution in [0.25, 0.3) is 0 Å². The van der Waals surface area contributed by atoms with Crippen LogP contribution in [0.3, 0.4) is 0 Å². The van der Waals surface area contributed by atoms with E-state index in [1.807, 2.05) is 13.8 Å². The van der Waals surface area contributed by atoms with Gasteiger partial charge >= 0.3 is 5.97 Å². The van der Waals surface area contributed by atoms with Crippen LogP contribution in [0, 0.1) is 0 Å². The lowest BCUT2D eigenvalue weighted by Crippen LogP contribution is -2.29. The molecule has 5 nitrogen and oxygen atoms in total. The van der Waals surface area contributed by atoms with E-state index in [1.54, 1.807) is 12.1 Å². The van der Waals surface area contributed by atoms with Gasteiger partial charge in [-0.3, -0.25) is 4.79 Å². The average molecular weight is 237 g/mol. The Kier molecular flexibility index (Phi) is 4.51. The summed E-state index contributed by atoms with van der Waals surface area (Å²) < 4.78 is 5.27. The van der Waals surface area contributed by atoms with Gasteiger partial charge in [-0.05, 0) is 26.0 Å². The third-order valence-electron chi connectivity index (χ3n) is 1.88.